The summed E-state index contributed by atoms with van der Waals surface area (Å²) < 4.78 is 5.34. The van der Waals surface area contributed by atoms with Crippen molar-refractivity contribution in [3.05, 3.63) is 34.0 Å². The molecule has 0 spiro atoms. The molecular weight excluding hydrogens is 433 g/mol. The zero-order valence-corrected chi connectivity index (χ0v) is 17.9. The Hall–Kier alpha value is -0.600. The lowest BCUT2D eigenvalue weighted by atomic mass is 10.1. The molecule has 2 heterocycles. The first-order valence-corrected chi connectivity index (χ1v) is 9.46. The number of guanidine groups is 1. The molecule has 1 aromatic heterocycles. The van der Waals surface area contributed by atoms with Gasteiger partial charge in [0.1, 0.15) is 0 Å². The molecule has 1 aromatic rings. The fraction of sp³-hybridized carbons (Fsp3) is 0.611. The van der Waals surface area contributed by atoms with Gasteiger partial charge in [-0.25, -0.2) is 0 Å². The Morgan fingerprint density at radius 3 is 2.96 bits per heavy atom. The molecule has 2 rings (SSSR count). The molecule has 6 heteroatoms. The quantitative estimate of drug-likeness (QED) is 0.267. The number of hydrogen-bond acceptors (Lipinski definition) is 3. The summed E-state index contributed by atoms with van der Waals surface area (Å²) >= 11 is 1.83. The molecule has 1 aliphatic rings. The third kappa shape index (κ3) is 8.48. The first kappa shape index (κ1) is 21.4. The average Bonchev–Trinajstić information content (AvgIpc) is 3.06. The summed E-state index contributed by atoms with van der Waals surface area (Å²) in [7, 11) is 0. The molecule has 0 saturated heterocycles. The second kappa shape index (κ2) is 12.7. The van der Waals surface area contributed by atoms with Crippen LogP contribution in [0.15, 0.2) is 34.2 Å². The molecule has 0 amide bonds. The monoisotopic (exact) mass is 463 g/mol. The zero-order valence-electron chi connectivity index (χ0n) is 14.7. The molecule has 0 aliphatic carbocycles. The first-order chi connectivity index (χ1) is 11.3. The van der Waals surface area contributed by atoms with E-state index in [0.717, 1.165) is 58.1 Å². The van der Waals surface area contributed by atoms with Gasteiger partial charge in [0, 0.05) is 24.5 Å². The van der Waals surface area contributed by atoms with Crippen molar-refractivity contribution in [2.45, 2.75) is 33.1 Å². The summed E-state index contributed by atoms with van der Waals surface area (Å²) in [4.78, 5) is 6.17. The van der Waals surface area contributed by atoms with Crippen LogP contribution in [0.25, 0.3) is 0 Å². The normalized spacial score (nSPS) is 16.1. The predicted octanol–water partition coefficient (Wildman–Crippen LogP) is 3.84. The standard InChI is InChI=1S/C18H29N3OS.HI/c1-3-19-18(20-9-6-16-7-10-22-11-8-16)21-14-15(2)13-17-5-4-12-23-17;/h4-5,7,12,15H,3,6,8-11,13-14H2,1-2H3,(H2,19,20,21);1H. The number of thiophene rings is 1. The van der Waals surface area contributed by atoms with Crippen LogP contribution in [0.2, 0.25) is 0 Å². The number of halogens is 1. The van der Waals surface area contributed by atoms with Gasteiger partial charge in [-0.15, -0.1) is 35.3 Å². The first-order valence-electron chi connectivity index (χ1n) is 8.58. The van der Waals surface area contributed by atoms with Crippen molar-refractivity contribution in [3.8, 4) is 0 Å². The molecule has 1 aliphatic heterocycles. The molecule has 1 atom stereocenters. The van der Waals surface area contributed by atoms with Crippen LogP contribution in [0.5, 0.6) is 0 Å². The van der Waals surface area contributed by atoms with Crippen molar-refractivity contribution in [1.82, 2.24) is 10.6 Å². The predicted molar refractivity (Wildman–Crippen MR) is 115 cm³/mol. The van der Waals surface area contributed by atoms with Gasteiger partial charge in [-0.05, 0) is 43.6 Å². The summed E-state index contributed by atoms with van der Waals surface area (Å²) in [6.45, 7) is 8.67. The van der Waals surface area contributed by atoms with Gasteiger partial charge in [-0.2, -0.15) is 0 Å². The lowest BCUT2D eigenvalue weighted by molar-refractivity contribution is 0.153. The highest BCUT2D eigenvalue weighted by Gasteiger charge is 2.06. The summed E-state index contributed by atoms with van der Waals surface area (Å²) in [6.07, 6.45) is 5.44. The van der Waals surface area contributed by atoms with Crippen molar-refractivity contribution >= 4 is 41.3 Å². The van der Waals surface area contributed by atoms with Gasteiger partial charge in [0.2, 0.25) is 0 Å². The molecule has 2 N–H and O–H groups in total. The molecule has 1 unspecified atom stereocenters. The smallest absolute Gasteiger partial charge is 0.191 e. The number of hydrogen-bond donors (Lipinski definition) is 2. The van der Waals surface area contributed by atoms with E-state index >= 15 is 0 Å². The van der Waals surface area contributed by atoms with Crippen molar-refractivity contribution in [1.29, 1.82) is 0 Å². The van der Waals surface area contributed by atoms with Crippen LogP contribution in [-0.2, 0) is 11.2 Å². The Morgan fingerprint density at radius 1 is 1.42 bits per heavy atom. The zero-order chi connectivity index (χ0) is 16.3. The van der Waals surface area contributed by atoms with E-state index < -0.39 is 0 Å². The minimum atomic E-state index is 0. The third-order valence-corrected chi connectivity index (χ3v) is 4.73. The van der Waals surface area contributed by atoms with Crippen LogP contribution in [0.4, 0.5) is 0 Å². The number of nitrogens with zero attached hydrogens (tertiary/aromatic N) is 1. The van der Waals surface area contributed by atoms with E-state index in [1.54, 1.807) is 0 Å². The Morgan fingerprint density at radius 2 is 2.29 bits per heavy atom. The average molecular weight is 463 g/mol. The fourth-order valence-electron chi connectivity index (χ4n) is 2.56. The Kier molecular flexibility index (Phi) is 11.4. The van der Waals surface area contributed by atoms with Crippen molar-refractivity contribution in [3.63, 3.8) is 0 Å². The molecule has 136 valence electrons. The van der Waals surface area contributed by atoms with E-state index in [9.17, 15) is 0 Å². The molecule has 0 aromatic carbocycles. The molecule has 0 fully saturated rings. The molecule has 0 bridgehead atoms. The minimum Gasteiger partial charge on any atom is -0.377 e. The maximum Gasteiger partial charge on any atom is 0.191 e. The molecule has 4 nitrogen and oxygen atoms in total. The fourth-order valence-corrected chi connectivity index (χ4v) is 3.43. The number of nitrogens with one attached hydrogen (secondary N) is 2. The van der Waals surface area contributed by atoms with Crippen LogP contribution < -0.4 is 10.6 Å². The molecule has 24 heavy (non-hydrogen) atoms. The second-order valence-electron chi connectivity index (χ2n) is 5.97. The lowest BCUT2D eigenvalue weighted by Crippen LogP contribution is -2.38. The van der Waals surface area contributed by atoms with Gasteiger partial charge < -0.3 is 15.4 Å². The van der Waals surface area contributed by atoms with Crippen LogP contribution in [0.1, 0.15) is 31.6 Å². The Bertz CT molecular complexity index is 502. The van der Waals surface area contributed by atoms with Gasteiger partial charge in [0.25, 0.3) is 0 Å². The van der Waals surface area contributed by atoms with Gasteiger partial charge in [-0.1, -0.05) is 24.6 Å². The van der Waals surface area contributed by atoms with Gasteiger partial charge in [0.15, 0.2) is 5.96 Å². The van der Waals surface area contributed by atoms with E-state index in [1.165, 1.54) is 10.5 Å². The lowest BCUT2D eigenvalue weighted by Gasteiger charge is -2.16. The van der Waals surface area contributed by atoms with Crippen molar-refractivity contribution in [2.24, 2.45) is 10.9 Å². The largest absolute Gasteiger partial charge is 0.377 e. The number of rotatable bonds is 8. The van der Waals surface area contributed by atoms with Gasteiger partial charge in [0.05, 0.1) is 13.2 Å². The highest BCUT2D eigenvalue weighted by molar-refractivity contribution is 14.0. The van der Waals surface area contributed by atoms with Gasteiger partial charge >= 0.3 is 0 Å². The van der Waals surface area contributed by atoms with E-state index in [2.05, 4.69) is 48.1 Å². The van der Waals surface area contributed by atoms with Gasteiger partial charge in [-0.3, -0.25) is 4.99 Å². The summed E-state index contributed by atoms with van der Waals surface area (Å²) in [6, 6.07) is 4.32. The van der Waals surface area contributed by atoms with Crippen LogP contribution >= 0.6 is 35.3 Å². The number of ether oxygens (including phenoxy) is 1. The summed E-state index contributed by atoms with van der Waals surface area (Å²) in [5.41, 5.74) is 1.49. The highest BCUT2D eigenvalue weighted by Crippen LogP contribution is 2.14. The maximum atomic E-state index is 5.34. The maximum absolute atomic E-state index is 5.34. The van der Waals surface area contributed by atoms with E-state index in [-0.39, 0.29) is 24.0 Å². The topological polar surface area (TPSA) is 45.7 Å². The Labute approximate surface area is 167 Å². The minimum absolute atomic E-state index is 0. The van der Waals surface area contributed by atoms with Crippen LogP contribution in [0, 0.1) is 5.92 Å². The van der Waals surface area contributed by atoms with E-state index in [4.69, 9.17) is 9.73 Å². The van der Waals surface area contributed by atoms with Crippen molar-refractivity contribution < 1.29 is 4.74 Å². The second-order valence-corrected chi connectivity index (χ2v) is 7.00. The Balaban J connectivity index is 0.00000288. The van der Waals surface area contributed by atoms with E-state index in [1.807, 2.05) is 11.3 Å². The van der Waals surface area contributed by atoms with Crippen molar-refractivity contribution in [2.75, 3.05) is 32.8 Å². The number of aliphatic imine (C=N–C) groups is 1. The highest BCUT2D eigenvalue weighted by atomic mass is 127. The SMILES string of the molecule is CCNC(=NCC(C)Cc1cccs1)NCCC1=CCOCC1.I. The van der Waals surface area contributed by atoms with Crippen LogP contribution in [-0.4, -0.2) is 38.8 Å². The molecule has 0 radical (unpaired) electrons. The summed E-state index contributed by atoms with van der Waals surface area (Å²) in [5, 5.41) is 8.91. The molecular formula is C18H30IN3OS. The van der Waals surface area contributed by atoms with Crippen LogP contribution in [0.3, 0.4) is 0 Å². The third-order valence-electron chi connectivity index (χ3n) is 3.83. The molecule has 0 saturated carbocycles. The van der Waals surface area contributed by atoms with E-state index in [0.29, 0.717) is 5.92 Å². The summed E-state index contributed by atoms with van der Waals surface area (Å²) in [5.74, 6) is 1.49.